The number of alkyl halides is 2. The molecule has 1 aliphatic rings. The van der Waals surface area contributed by atoms with Crippen molar-refractivity contribution in [1.29, 1.82) is 0 Å². The molecule has 0 spiro atoms. The minimum Gasteiger partial charge on any atom is -0.467 e. The van der Waals surface area contributed by atoms with Gasteiger partial charge < -0.3 is 28.4 Å². The van der Waals surface area contributed by atoms with Gasteiger partial charge in [0.05, 0.1) is 26.2 Å². The highest BCUT2D eigenvalue weighted by atomic mass is 35.5. The number of halogens is 3. The summed E-state index contributed by atoms with van der Waals surface area (Å²) in [6.07, 6.45) is -8.45. The van der Waals surface area contributed by atoms with Crippen LogP contribution in [0, 0.1) is 17.8 Å². The normalized spacial score (nSPS) is 25.7. The topological polar surface area (TPSA) is 136 Å². The molecule has 11 nitrogen and oxygen atoms in total. The zero-order chi connectivity index (χ0) is 28.0. The first-order valence-electron chi connectivity index (χ1n) is 11.1. The van der Waals surface area contributed by atoms with E-state index in [-0.39, 0.29) is 0 Å². The Labute approximate surface area is 220 Å². The van der Waals surface area contributed by atoms with Crippen molar-refractivity contribution in [2.45, 2.75) is 77.1 Å². The highest BCUT2D eigenvalue weighted by molar-refractivity contribution is 6.54. The van der Waals surface area contributed by atoms with Gasteiger partial charge in [-0.15, -0.1) is 4.51 Å². The fourth-order valence-corrected chi connectivity index (χ4v) is 3.00. The molecule has 0 aliphatic carbocycles. The SMILES string of the molecule is [2H]C(Cl)(Cl)C(=NCl)OC1O[C@H](C(=O)OC)[C@@H](OC(=O)C(C)C)[C@H](OC(=O)C(C)C)[C@H]1OC(=O)C(C)C. The van der Waals surface area contributed by atoms with Crippen LogP contribution >= 0.6 is 35.0 Å². The first-order valence-corrected chi connectivity index (χ1v) is 11.7. The van der Waals surface area contributed by atoms with Crippen molar-refractivity contribution >= 4 is 64.8 Å². The molecule has 1 unspecified atom stereocenters. The Balaban J connectivity index is 3.71. The summed E-state index contributed by atoms with van der Waals surface area (Å²) in [4.78, 5) is 47.8. The van der Waals surface area contributed by atoms with Gasteiger partial charge in [-0.3, -0.25) is 14.4 Å². The molecule has 0 aromatic heterocycles. The molecule has 1 heterocycles. The van der Waals surface area contributed by atoms with Crippen molar-refractivity contribution in [1.82, 2.24) is 0 Å². The lowest BCUT2D eigenvalue weighted by atomic mass is 9.97. The van der Waals surface area contributed by atoms with Gasteiger partial charge in [-0.2, -0.15) is 0 Å². The van der Waals surface area contributed by atoms with Crippen LogP contribution in [0.1, 0.15) is 42.9 Å². The quantitative estimate of drug-likeness (QED) is 0.135. The molecule has 0 radical (unpaired) electrons. The van der Waals surface area contributed by atoms with E-state index in [2.05, 4.69) is 4.51 Å². The van der Waals surface area contributed by atoms with Gasteiger partial charge in [-0.1, -0.05) is 64.7 Å². The van der Waals surface area contributed by atoms with Gasteiger partial charge >= 0.3 is 23.9 Å². The fraction of sp³-hybridized carbons (Fsp3) is 0.762. The van der Waals surface area contributed by atoms with E-state index < -0.39 is 83.0 Å². The van der Waals surface area contributed by atoms with Gasteiger partial charge in [0, 0.05) is 11.8 Å². The van der Waals surface area contributed by atoms with Crippen molar-refractivity contribution in [2.24, 2.45) is 22.3 Å². The summed E-state index contributed by atoms with van der Waals surface area (Å²) in [6, 6.07) is 0. The number of hydrogen-bond donors (Lipinski definition) is 0. The Morgan fingerprint density at radius 3 is 1.60 bits per heavy atom. The molecular weight excluding hydrogens is 533 g/mol. The third-order valence-electron chi connectivity index (χ3n) is 4.57. The van der Waals surface area contributed by atoms with Crippen molar-refractivity contribution in [3.05, 3.63) is 0 Å². The molecule has 0 aromatic rings. The van der Waals surface area contributed by atoms with Crippen LogP contribution in [0.15, 0.2) is 4.51 Å². The number of nitrogens with zero attached hydrogens (tertiary/aromatic N) is 1. The summed E-state index contributed by atoms with van der Waals surface area (Å²) in [5.41, 5.74) is 0. The van der Waals surface area contributed by atoms with Gasteiger partial charge in [0.25, 0.3) is 0 Å². The molecule has 0 N–H and O–H groups in total. The van der Waals surface area contributed by atoms with Crippen molar-refractivity contribution in [2.75, 3.05) is 7.11 Å². The number of methoxy groups -OCH3 is 1. The van der Waals surface area contributed by atoms with E-state index in [1.165, 1.54) is 41.5 Å². The van der Waals surface area contributed by atoms with Gasteiger partial charge in [-0.05, 0) is 0 Å². The minimum absolute atomic E-state index is 0.651. The maximum atomic E-state index is 12.6. The van der Waals surface area contributed by atoms with E-state index in [9.17, 15) is 19.2 Å². The van der Waals surface area contributed by atoms with E-state index in [4.69, 9.17) is 64.8 Å². The number of ether oxygens (including phenoxy) is 6. The second-order valence-corrected chi connectivity index (χ2v) is 9.50. The zero-order valence-corrected chi connectivity index (χ0v) is 22.6. The van der Waals surface area contributed by atoms with Crippen LogP contribution in [-0.2, 0) is 47.6 Å². The Kier molecular flexibility index (Phi) is 11.8. The number of hydrogen-bond acceptors (Lipinski definition) is 11. The Hall–Kier alpha value is -1.82. The smallest absolute Gasteiger partial charge is 0.339 e. The summed E-state index contributed by atoms with van der Waals surface area (Å²) >= 11 is 16.9. The molecule has 1 aliphatic heterocycles. The summed E-state index contributed by atoms with van der Waals surface area (Å²) in [5, 5.41) is 0. The average molecular weight is 564 g/mol. The standard InChI is InChI=1S/C21H30Cl3NO10/c1-8(2)17(26)31-11-12(32-18(27)9(3)4)14(33-19(28)10(5)6)21(34-13(11)20(29)30-7)35-16(25-24)15(22)23/h8-15,21H,1-7H3/t11-,12-,13-,14+,21?/m0/s1/i15D. The molecule has 0 amide bonds. The van der Waals surface area contributed by atoms with Crippen LogP contribution in [-0.4, -0.2) is 72.4 Å². The van der Waals surface area contributed by atoms with Crippen molar-refractivity contribution in [3.63, 3.8) is 0 Å². The number of rotatable bonds is 9. The Morgan fingerprint density at radius 1 is 0.800 bits per heavy atom. The highest BCUT2D eigenvalue weighted by Crippen LogP contribution is 2.32. The van der Waals surface area contributed by atoms with E-state index in [0.717, 1.165) is 7.11 Å². The van der Waals surface area contributed by atoms with Crippen LogP contribution in [0.2, 0.25) is 0 Å². The van der Waals surface area contributed by atoms with Crippen LogP contribution in [0.4, 0.5) is 0 Å². The summed E-state index contributed by atoms with van der Waals surface area (Å²) < 4.78 is 43.3. The van der Waals surface area contributed by atoms with Gasteiger partial charge in [0.2, 0.25) is 18.3 Å². The molecular formula is C21H30Cl3NO10. The van der Waals surface area contributed by atoms with Gasteiger partial charge in [0.15, 0.2) is 23.1 Å². The fourth-order valence-electron chi connectivity index (χ4n) is 2.62. The molecule has 0 saturated carbocycles. The highest BCUT2D eigenvalue weighted by Gasteiger charge is 2.57. The number of esters is 4. The van der Waals surface area contributed by atoms with Crippen LogP contribution in [0.3, 0.4) is 0 Å². The first-order chi connectivity index (χ1) is 16.5. The predicted molar refractivity (Wildman–Crippen MR) is 125 cm³/mol. The largest absolute Gasteiger partial charge is 0.467 e. The van der Waals surface area contributed by atoms with E-state index in [1.807, 2.05) is 0 Å². The molecule has 14 heteroatoms. The summed E-state index contributed by atoms with van der Waals surface area (Å²) in [7, 11) is 1.04. The van der Waals surface area contributed by atoms with Crippen LogP contribution in [0.25, 0.3) is 0 Å². The third-order valence-corrected chi connectivity index (χ3v) is 5.04. The predicted octanol–water partition coefficient (Wildman–Crippen LogP) is 2.96. The molecule has 1 saturated heterocycles. The van der Waals surface area contributed by atoms with E-state index >= 15 is 0 Å². The Bertz CT molecular complexity index is 846. The lowest BCUT2D eigenvalue weighted by Crippen LogP contribution is -2.64. The maximum Gasteiger partial charge on any atom is 0.339 e. The second kappa shape index (κ2) is 14.1. The van der Waals surface area contributed by atoms with E-state index in [0.29, 0.717) is 0 Å². The third kappa shape index (κ3) is 8.66. The van der Waals surface area contributed by atoms with E-state index in [1.54, 1.807) is 0 Å². The number of carbonyl (C=O) groups excluding carboxylic acids is 4. The lowest BCUT2D eigenvalue weighted by Gasteiger charge is -2.43. The minimum atomic E-state index is -2.52. The van der Waals surface area contributed by atoms with Crippen LogP contribution in [0.5, 0.6) is 0 Å². The van der Waals surface area contributed by atoms with Crippen molar-refractivity contribution < 1.29 is 49.0 Å². The maximum absolute atomic E-state index is 12.6. The van der Waals surface area contributed by atoms with Gasteiger partial charge in [-0.25, -0.2) is 4.79 Å². The average Bonchev–Trinajstić information content (AvgIpc) is 2.78. The molecule has 5 atom stereocenters. The first kappa shape index (κ1) is 29.4. The second-order valence-electron chi connectivity index (χ2n) is 8.38. The monoisotopic (exact) mass is 562 g/mol. The molecule has 1 fully saturated rings. The molecule has 200 valence electrons. The van der Waals surface area contributed by atoms with Crippen LogP contribution < -0.4 is 0 Å². The summed E-state index contributed by atoms with van der Waals surface area (Å²) in [6.45, 7) is 9.20. The molecule has 0 aromatic carbocycles. The lowest BCUT2D eigenvalue weighted by molar-refractivity contribution is -0.288. The zero-order valence-electron chi connectivity index (χ0n) is 21.3. The molecule has 35 heavy (non-hydrogen) atoms. The van der Waals surface area contributed by atoms with Crippen molar-refractivity contribution in [3.8, 4) is 0 Å². The summed E-state index contributed by atoms with van der Waals surface area (Å²) in [5.74, 6) is -6.17. The number of carbonyl (C=O) groups is 4. The molecule has 0 bridgehead atoms. The Morgan fingerprint density at radius 2 is 1.23 bits per heavy atom. The molecule has 1 rings (SSSR count). The van der Waals surface area contributed by atoms with Gasteiger partial charge in [0.1, 0.15) is 0 Å².